The zero-order valence-electron chi connectivity index (χ0n) is 17.1. The largest absolute Gasteiger partial charge is 0.379 e. The normalized spacial score (nSPS) is 19.4. The lowest BCUT2D eigenvalue weighted by Crippen LogP contribution is -2.42. The summed E-state index contributed by atoms with van der Waals surface area (Å²) in [6.45, 7) is 5.48. The molecule has 1 aliphatic heterocycles. The first-order valence-corrected chi connectivity index (χ1v) is 10.3. The Kier molecular flexibility index (Phi) is 5.63. The van der Waals surface area contributed by atoms with E-state index in [1.807, 2.05) is 42.6 Å². The lowest BCUT2D eigenvalue weighted by molar-refractivity contribution is -0.123. The number of benzene rings is 2. The van der Waals surface area contributed by atoms with E-state index in [4.69, 9.17) is 4.74 Å². The van der Waals surface area contributed by atoms with Gasteiger partial charge in [-0.15, -0.1) is 0 Å². The fraction of sp³-hybridized carbons (Fsp3) is 0.360. The predicted molar refractivity (Wildman–Crippen MR) is 116 cm³/mol. The Morgan fingerprint density at radius 3 is 2.66 bits per heavy atom. The molecule has 29 heavy (non-hydrogen) atoms. The number of carbonyl (C=O) groups is 1. The minimum atomic E-state index is -0.207. The van der Waals surface area contributed by atoms with Gasteiger partial charge >= 0.3 is 0 Å². The molecule has 1 saturated heterocycles. The molecule has 1 amide bonds. The number of para-hydroxylation sites is 1. The van der Waals surface area contributed by atoms with E-state index >= 15 is 0 Å². The fourth-order valence-corrected chi connectivity index (χ4v) is 4.23. The smallest absolute Gasteiger partial charge is 0.221 e. The van der Waals surface area contributed by atoms with Gasteiger partial charge in [-0.25, -0.2) is 0 Å². The number of aromatic nitrogens is 1. The van der Waals surface area contributed by atoms with Crippen molar-refractivity contribution in [1.29, 1.82) is 0 Å². The first-order chi connectivity index (χ1) is 14.0. The van der Waals surface area contributed by atoms with E-state index in [9.17, 15) is 4.79 Å². The number of nitrogens with zero attached hydrogens (tertiary/aromatic N) is 1. The summed E-state index contributed by atoms with van der Waals surface area (Å²) in [6, 6.07) is 20.6. The Hall–Kier alpha value is -2.72. The van der Waals surface area contributed by atoms with Gasteiger partial charge in [0.1, 0.15) is 0 Å². The molecule has 150 valence electrons. The number of hydrogen-bond acceptors (Lipinski definition) is 3. The van der Waals surface area contributed by atoms with Crippen LogP contribution < -0.4 is 5.32 Å². The highest BCUT2D eigenvalue weighted by atomic mass is 16.5. The average molecular weight is 389 g/mol. The van der Waals surface area contributed by atoms with Crippen molar-refractivity contribution in [1.82, 2.24) is 10.3 Å². The molecule has 0 aliphatic carbocycles. The van der Waals surface area contributed by atoms with Gasteiger partial charge in [-0.05, 0) is 35.1 Å². The molecule has 4 nitrogen and oxygen atoms in total. The van der Waals surface area contributed by atoms with Crippen LogP contribution in [0.25, 0.3) is 10.9 Å². The minimum Gasteiger partial charge on any atom is -0.379 e. The molecular weight excluding hydrogens is 360 g/mol. The third-order valence-corrected chi connectivity index (χ3v) is 5.92. The number of rotatable bonds is 6. The van der Waals surface area contributed by atoms with Crippen molar-refractivity contribution in [3.8, 4) is 0 Å². The quantitative estimate of drug-likeness (QED) is 0.686. The summed E-state index contributed by atoms with van der Waals surface area (Å²) in [4.78, 5) is 17.3. The zero-order valence-corrected chi connectivity index (χ0v) is 17.1. The molecule has 1 aromatic heterocycles. The number of nitrogens with one attached hydrogen (secondary N) is 1. The van der Waals surface area contributed by atoms with Crippen molar-refractivity contribution < 1.29 is 9.53 Å². The zero-order chi connectivity index (χ0) is 20.3. The highest BCUT2D eigenvalue weighted by Crippen LogP contribution is 2.28. The molecule has 3 aromatic rings. The van der Waals surface area contributed by atoms with E-state index in [-0.39, 0.29) is 23.3 Å². The van der Waals surface area contributed by atoms with E-state index in [0.717, 1.165) is 11.9 Å². The first kappa shape index (κ1) is 19.6. The third-order valence-electron chi connectivity index (χ3n) is 5.92. The molecule has 4 rings (SSSR count). The van der Waals surface area contributed by atoms with Crippen LogP contribution in [-0.2, 0) is 21.4 Å². The van der Waals surface area contributed by atoms with Gasteiger partial charge in [0.25, 0.3) is 0 Å². The minimum absolute atomic E-state index is 0.0426. The molecule has 2 heterocycles. The molecule has 1 aliphatic rings. The van der Waals surface area contributed by atoms with Crippen molar-refractivity contribution >= 4 is 16.8 Å². The number of amides is 1. The summed E-state index contributed by atoms with van der Waals surface area (Å²) in [5.74, 6) is 0.350. The molecule has 0 bridgehead atoms. The summed E-state index contributed by atoms with van der Waals surface area (Å²) in [7, 11) is 0. The second-order valence-corrected chi connectivity index (χ2v) is 8.59. The second-order valence-electron chi connectivity index (χ2n) is 8.59. The van der Waals surface area contributed by atoms with Gasteiger partial charge in [-0.1, -0.05) is 62.4 Å². The summed E-state index contributed by atoms with van der Waals surface area (Å²) in [5.41, 5.74) is 3.24. The average Bonchev–Trinajstić information content (AvgIpc) is 3.15. The summed E-state index contributed by atoms with van der Waals surface area (Å²) >= 11 is 0. The van der Waals surface area contributed by atoms with Crippen LogP contribution >= 0.6 is 0 Å². The number of ether oxygens (including phenoxy) is 1. The van der Waals surface area contributed by atoms with Crippen molar-refractivity contribution in [2.75, 3.05) is 13.2 Å². The number of fused-ring (bicyclic) bond motifs is 1. The van der Waals surface area contributed by atoms with Gasteiger partial charge in [-0.3, -0.25) is 9.78 Å². The van der Waals surface area contributed by atoms with Gasteiger partial charge in [0.05, 0.1) is 24.8 Å². The molecule has 0 spiro atoms. The highest BCUT2D eigenvalue weighted by molar-refractivity contribution is 5.82. The standard InChI is InChI=1S/C25H28N2O2/c1-25(2,20-8-4-3-5-9-20)15-24(28)27-23-17-29-16-19(23)14-18-12-13-26-22-11-7-6-10-21(18)22/h3-13,19,23H,14-17H2,1-2H3,(H,27,28)/t19-,23-/m1/s1. The van der Waals surface area contributed by atoms with Crippen LogP contribution in [0.2, 0.25) is 0 Å². The van der Waals surface area contributed by atoms with Gasteiger partial charge < -0.3 is 10.1 Å². The lowest BCUT2D eigenvalue weighted by atomic mass is 9.81. The third kappa shape index (κ3) is 4.48. The van der Waals surface area contributed by atoms with E-state index in [0.29, 0.717) is 19.6 Å². The predicted octanol–water partition coefficient (Wildman–Crippen LogP) is 4.28. The number of hydrogen-bond donors (Lipinski definition) is 1. The Labute approximate surface area is 172 Å². The van der Waals surface area contributed by atoms with Crippen LogP contribution in [0.1, 0.15) is 31.4 Å². The Morgan fingerprint density at radius 2 is 1.83 bits per heavy atom. The van der Waals surface area contributed by atoms with Gasteiger partial charge in [0.15, 0.2) is 0 Å². The van der Waals surface area contributed by atoms with Crippen LogP contribution in [-0.4, -0.2) is 30.1 Å². The van der Waals surface area contributed by atoms with Gasteiger partial charge in [0.2, 0.25) is 5.91 Å². The van der Waals surface area contributed by atoms with Gasteiger partial charge in [0, 0.05) is 23.9 Å². The Morgan fingerprint density at radius 1 is 1.07 bits per heavy atom. The molecule has 0 unspecified atom stereocenters. The number of carbonyl (C=O) groups excluding carboxylic acids is 1. The summed E-state index contributed by atoms with van der Waals surface area (Å²) in [6.07, 6.45) is 3.19. The summed E-state index contributed by atoms with van der Waals surface area (Å²) in [5, 5.41) is 4.42. The van der Waals surface area contributed by atoms with Crippen LogP contribution in [0.4, 0.5) is 0 Å². The van der Waals surface area contributed by atoms with Crippen LogP contribution in [0.15, 0.2) is 66.9 Å². The molecule has 4 heteroatoms. The maximum atomic E-state index is 12.8. The monoisotopic (exact) mass is 388 g/mol. The molecular formula is C25H28N2O2. The molecule has 2 atom stereocenters. The molecule has 1 fully saturated rings. The van der Waals surface area contributed by atoms with Crippen molar-refractivity contribution in [2.24, 2.45) is 5.92 Å². The Balaban J connectivity index is 1.43. The maximum Gasteiger partial charge on any atom is 0.221 e. The van der Waals surface area contributed by atoms with Crippen molar-refractivity contribution in [3.63, 3.8) is 0 Å². The Bertz CT molecular complexity index is 979. The molecule has 0 radical (unpaired) electrons. The molecule has 2 aromatic carbocycles. The molecule has 0 saturated carbocycles. The van der Waals surface area contributed by atoms with E-state index in [1.54, 1.807) is 0 Å². The van der Waals surface area contributed by atoms with E-state index in [2.05, 4.69) is 48.4 Å². The van der Waals surface area contributed by atoms with E-state index < -0.39 is 0 Å². The maximum absolute atomic E-state index is 12.8. The van der Waals surface area contributed by atoms with Crippen LogP contribution in [0, 0.1) is 5.92 Å². The van der Waals surface area contributed by atoms with Crippen LogP contribution in [0.3, 0.4) is 0 Å². The fourth-order valence-electron chi connectivity index (χ4n) is 4.23. The summed E-state index contributed by atoms with van der Waals surface area (Å²) < 4.78 is 5.74. The lowest BCUT2D eigenvalue weighted by Gasteiger charge is -2.26. The topological polar surface area (TPSA) is 51.2 Å². The first-order valence-electron chi connectivity index (χ1n) is 10.3. The number of pyridine rings is 1. The van der Waals surface area contributed by atoms with Crippen LogP contribution in [0.5, 0.6) is 0 Å². The van der Waals surface area contributed by atoms with Crippen molar-refractivity contribution in [3.05, 3.63) is 78.0 Å². The van der Waals surface area contributed by atoms with E-state index in [1.165, 1.54) is 16.5 Å². The van der Waals surface area contributed by atoms with Crippen molar-refractivity contribution in [2.45, 2.75) is 38.1 Å². The van der Waals surface area contributed by atoms with Gasteiger partial charge in [-0.2, -0.15) is 0 Å². The second kappa shape index (κ2) is 8.34. The molecule has 1 N–H and O–H groups in total. The SMILES string of the molecule is CC(C)(CC(=O)N[C@@H]1COC[C@H]1Cc1ccnc2ccccc12)c1ccccc1. The highest BCUT2D eigenvalue weighted by Gasteiger charge is 2.32.